The highest BCUT2D eigenvalue weighted by Crippen LogP contribution is 2.31. The van der Waals surface area contributed by atoms with Gasteiger partial charge in [-0.15, -0.1) is 0 Å². The summed E-state index contributed by atoms with van der Waals surface area (Å²) in [5.41, 5.74) is 1.93. The third-order valence-corrected chi connectivity index (χ3v) is 7.92. The van der Waals surface area contributed by atoms with E-state index in [1.165, 1.54) is 24.3 Å². The number of hydrogen-bond donors (Lipinski definition) is 1. The molecule has 0 bridgehead atoms. The fourth-order valence-corrected chi connectivity index (χ4v) is 6.12. The number of aromatic nitrogens is 2. The van der Waals surface area contributed by atoms with Crippen LogP contribution >= 0.6 is 23.2 Å². The average Bonchev–Trinajstić information content (AvgIpc) is 3.35. The van der Waals surface area contributed by atoms with Gasteiger partial charge in [0.2, 0.25) is 0 Å². The third kappa shape index (κ3) is 5.50. The minimum absolute atomic E-state index is 0.116. The summed E-state index contributed by atoms with van der Waals surface area (Å²) in [6.07, 6.45) is 0.535. The molecule has 192 valence electrons. The summed E-state index contributed by atoms with van der Waals surface area (Å²) < 4.78 is 33.1. The first-order valence-electron chi connectivity index (χ1n) is 11.3. The standard InChI is InChI=1S/C27H19Cl2N3O5S/c28-21-13-22(29)15-24(14-21)38(35,36)32(16-26(33)34)23-9-8-18-11-20(7-6-19(18)12-23)27-30-25(31-37-27)10-17-4-2-1-3-5-17/h1-9,11-15H,10,16H2,(H,33,34). The Kier molecular flexibility index (Phi) is 7.07. The third-order valence-electron chi connectivity index (χ3n) is 5.73. The maximum absolute atomic E-state index is 13.4. The second-order valence-electron chi connectivity index (χ2n) is 8.43. The van der Waals surface area contributed by atoms with Crippen LogP contribution in [-0.4, -0.2) is 36.2 Å². The highest BCUT2D eigenvalue weighted by Gasteiger charge is 2.28. The first-order valence-corrected chi connectivity index (χ1v) is 13.5. The Hall–Kier alpha value is -3.92. The van der Waals surface area contributed by atoms with Gasteiger partial charge in [0.25, 0.3) is 15.9 Å². The Morgan fingerprint density at radius 2 is 1.58 bits per heavy atom. The molecule has 4 aromatic carbocycles. The van der Waals surface area contributed by atoms with E-state index >= 15 is 0 Å². The topological polar surface area (TPSA) is 114 Å². The van der Waals surface area contributed by atoms with Crippen LogP contribution in [0.15, 0.2) is 94.3 Å². The molecule has 0 unspecified atom stereocenters. The molecule has 11 heteroatoms. The zero-order valence-electron chi connectivity index (χ0n) is 19.6. The summed E-state index contributed by atoms with van der Waals surface area (Å²) >= 11 is 12.0. The molecular formula is C27H19Cl2N3O5S. The first-order chi connectivity index (χ1) is 18.2. The van der Waals surface area contributed by atoms with Crippen LogP contribution < -0.4 is 4.31 Å². The van der Waals surface area contributed by atoms with Crippen molar-refractivity contribution < 1.29 is 22.8 Å². The first kappa shape index (κ1) is 25.7. The number of carboxylic acid groups (broad SMARTS) is 1. The van der Waals surface area contributed by atoms with Crippen molar-refractivity contribution in [1.29, 1.82) is 0 Å². The monoisotopic (exact) mass is 567 g/mol. The van der Waals surface area contributed by atoms with Crippen LogP contribution in [0.5, 0.6) is 0 Å². The highest BCUT2D eigenvalue weighted by molar-refractivity contribution is 7.92. The quantitative estimate of drug-likeness (QED) is 0.242. The van der Waals surface area contributed by atoms with Gasteiger partial charge in [0.15, 0.2) is 5.82 Å². The zero-order chi connectivity index (χ0) is 26.9. The molecule has 0 aliphatic rings. The lowest BCUT2D eigenvalue weighted by Gasteiger charge is -2.23. The average molecular weight is 568 g/mol. The fraction of sp³-hybridized carbons (Fsp3) is 0.0741. The number of sulfonamides is 1. The van der Waals surface area contributed by atoms with Crippen LogP contribution in [0.3, 0.4) is 0 Å². The Morgan fingerprint density at radius 1 is 0.895 bits per heavy atom. The maximum atomic E-state index is 13.4. The summed E-state index contributed by atoms with van der Waals surface area (Å²) in [5.74, 6) is -0.410. The highest BCUT2D eigenvalue weighted by atomic mass is 35.5. The summed E-state index contributed by atoms with van der Waals surface area (Å²) in [7, 11) is -4.29. The molecule has 5 aromatic rings. The van der Waals surface area contributed by atoms with Crippen molar-refractivity contribution >= 4 is 55.7 Å². The van der Waals surface area contributed by atoms with Gasteiger partial charge in [0.1, 0.15) is 6.54 Å². The number of fused-ring (bicyclic) bond motifs is 1. The Balaban J connectivity index is 1.47. The van der Waals surface area contributed by atoms with Gasteiger partial charge in [-0.05, 0) is 58.8 Å². The summed E-state index contributed by atoms with van der Waals surface area (Å²) in [6, 6.07) is 23.9. The van der Waals surface area contributed by atoms with E-state index in [1.54, 1.807) is 24.3 Å². The minimum atomic E-state index is -4.29. The Morgan fingerprint density at radius 3 is 2.29 bits per heavy atom. The van der Waals surface area contributed by atoms with Crippen molar-refractivity contribution in [3.63, 3.8) is 0 Å². The number of rotatable bonds is 8. The van der Waals surface area contributed by atoms with Crippen LogP contribution in [0.25, 0.3) is 22.2 Å². The minimum Gasteiger partial charge on any atom is -0.480 e. The molecule has 1 heterocycles. The van der Waals surface area contributed by atoms with Gasteiger partial charge in [0.05, 0.1) is 10.6 Å². The Labute approximate surface area is 228 Å². The molecule has 38 heavy (non-hydrogen) atoms. The lowest BCUT2D eigenvalue weighted by atomic mass is 10.1. The number of carboxylic acids is 1. The number of hydrogen-bond acceptors (Lipinski definition) is 6. The second-order valence-corrected chi connectivity index (χ2v) is 11.2. The molecule has 0 radical (unpaired) electrons. The van der Waals surface area contributed by atoms with E-state index in [9.17, 15) is 18.3 Å². The lowest BCUT2D eigenvalue weighted by molar-refractivity contribution is -0.135. The van der Waals surface area contributed by atoms with E-state index in [-0.39, 0.29) is 20.6 Å². The van der Waals surface area contributed by atoms with E-state index in [0.29, 0.717) is 29.1 Å². The van der Waals surface area contributed by atoms with Gasteiger partial charge < -0.3 is 9.63 Å². The number of nitrogens with zero attached hydrogens (tertiary/aromatic N) is 3. The number of halogens is 2. The molecule has 0 atom stereocenters. The molecule has 0 aliphatic carbocycles. The molecule has 8 nitrogen and oxygen atoms in total. The van der Waals surface area contributed by atoms with Crippen LogP contribution in [-0.2, 0) is 21.2 Å². The van der Waals surface area contributed by atoms with Crippen LogP contribution in [0, 0.1) is 0 Å². The molecule has 0 amide bonds. The van der Waals surface area contributed by atoms with Crippen LogP contribution in [0.4, 0.5) is 5.69 Å². The van der Waals surface area contributed by atoms with Gasteiger partial charge >= 0.3 is 5.97 Å². The van der Waals surface area contributed by atoms with Crippen LogP contribution in [0.2, 0.25) is 10.0 Å². The number of aliphatic carboxylic acids is 1. The molecule has 0 saturated heterocycles. The fourth-order valence-electron chi connectivity index (χ4n) is 3.99. The lowest BCUT2D eigenvalue weighted by Crippen LogP contribution is -2.35. The predicted molar refractivity (Wildman–Crippen MR) is 145 cm³/mol. The maximum Gasteiger partial charge on any atom is 0.324 e. The number of benzene rings is 4. The van der Waals surface area contributed by atoms with Gasteiger partial charge in [-0.3, -0.25) is 9.10 Å². The molecule has 0 aliphatic heterocycles. The van der Waals surface area contributed by atoms with Gasteiger partial charge in [0, 0.05) is 22.0 Å². The summed E-state index contributed by atoms with van der Waals surface area (Å²) in [6.45, 7) is -0.789. The number of anilines is 1. The van der Waals surface area contributed by atoms with E-state index in [4.69, 9.17) is 27.7 Å². The molecule has 1 N–H and O–H groups in total. The molecular weight excluding hydrogens is 549 g/mol. The van der Waals surface area contributed by atoms with Gasteiger partial charge in [-0.2, -0.15) is 4.98 Å². The SMILES string of the molecule is O=C(O)CN(c1ccc2cc(-c3nc(Cc4ccccc4)no3)ccc2c1)S(=O)(=O)c1cc(Cl)cc(Cl)c1. The van der Waals surface area contributed by atoms with Crippen molar-refractivity contribution in [3.8, 4) is 11.5 Å². The largest absolute Gasteiger partial charge is 0.480 e. The normalized spacial score (nSPS) is 11.5. The molecule has 5 rings (SSSR count). The summed E-state index contributed by atoms with van der Waals surface area (Å²) in [5, 5.41) is 15.2. The van der Waals surface area contributed by atoms with Crippen molar-refractivity contribution in [3.05, 3.63) is 106 Å². The van der Waals surface area contributed by atoms with E-state index in [1.807, 2.05) is 36.4 Å². The van der Waals surface area contributed by atoms with E-state index < -0.39 is 22.5 Å². The second kappa shape index (κ2) is 10.4. The molecule has 0 fully saturated rings. The Bertz CT molecular complexity index is 1740. The number of carbonyl (C=O) groups is 1. The smallest absolute Gasteiger partial charge is 0.324 e. The molecule has 1 aromatic heterocycles. The van der Waals surface area contributed by atoms with E-state index in [2.05, 4.69) is 10.1 Å². The zero-order valence-corrected chi connectivity index (χ0v) is 21.9. The van der Waals surface area contributed by atoms with Crippen molar-refractivity contribution in [2.45, 2.75) is 11.3 Å². The summed E-state index contributed by atoms with van der Waals surface area (Å²) in [4.78, 5) is 15.9. The van der Waals surface area contributed by atoms with Crippen molar-refractivity contribution in [2.75, 3.05) is 10.8 Å². The van der Waals surface area contributed by atoms with Crippen molar-refractivity contribution in [2.24, 2.45) is 0 Å². The molecule has 0 saturated carbocycles. The van der Waals surface area contributed by atoms with Crippen molar-refractivity contribution in [1.82, 2.24) is 10.1 Å². The van der Waals surface area contributed by atoms with Crippen LogP contribution in [0.1, 0.15) is 11.4 Å². The molecule has 0 spiro atoms. The predicted octanol–water partition coefficient (Wildman–Crippen LogP) is 6.07. The van der Waals surface area contributed by atoms with Gasteiger partial charge in [-0.25, -0.2) is 8.42 Å². The van der Waals surface area contributed by atoms with E-state index in [0.717, 1.165) is 15.3 Å². The van der Waals surface area contributed by atoms with Gasteiger partial charge in [-0.1, -0.05) is 70.8 Å².